The molecule has 0 aromatic heterocycles. The quantitative estimate of drug-likeness (QED) is 0.429. The van der Waals surface area contributed by atoms with Crippen molar-refractivity contribution in [1.29, 1.82) is 0 Å². The van der Waals surface area contributed by atoms with Gasteiger partial charge in [0.2, 0.25) is 0 Å². The van der Waals surface area contributed by atoms with Crippen LogP contribution in [-0.4, -0.2) is 67.6 Å². The molecule has 4 saturated carbocycles. The number of methoxy groups -OCH3 is 1. The third kappa shape index (κ3) is 1.94. The lowest BCUT2D eigenvalue weighted by Crippen LogP contribution is -2.76. The Morgan fingerprint density at radius 2 is 1.71 bits per heavy atom. The van der Waals surface area contributed by atoms with Crippen molar-refractivity contribution in [2.24, 2.45) is 22.2 Å². The van der Waals surface area contributed by atoms with Crippen molar-refractivity contribution in [3.05, 3.63) is 0 Å². The molecule has 28 heavy (non-hydrogen) atoms. The van der Waals surface area contributed by atoms with Crippen molar-refractivity contribution in [1.82, 2.24) is 0 Å². The molecule has 0 amide bonds. The number of fused-ring (bicyclic) bond motifs is 3. The number of ketones is 1. The lowest BCUT2D eigenvalue weighted by molar-refractivity contribution is -0.282. The summed E-state index contributed by atoms with van der Waals surface area (Å²) in [6, 6.07) is 0. The zero-order valence-corrected chi connectivity index (χ0v) is 17.2. The Morgan fingerprint density at radius 1 is 1.07 bits per heavy atom. The van der Waals surface area contributed by atoms with Crippen molar-refractivity contribution in [3.8, 4) is 0 Å². The molecule has 0 saturated heterocycles. The molecular weight excluding hydrogens is 364 g/mol. The Morgan fingerprint density at radius 3 is 2.32 bits per heavy atom. The Labute approximate surface area is 165 Å². The first-order valence-corrected chi connectivity index (χ1v) is 10.4. The summed E-state index contributed by atoms with van der Waals surface area (Å²) < 4.78 is 4.91. The Balaban J connectivity index is 1.92. The number of carbonyl (C=O) groups excluding carboxylic acids is 1. The highest BCUT2D eigenvalue weighted by Gasteiger charge is 2.84. The molecule has 0 aliphatic heterocycles. The Kier molecular flexibility index (Phi) is 4.11. The highest BCUT2D eigenvalue weighted by Crippen LogP contribution is 2.74. The molecule has 1 spiro atoms. The van der Waals surface area contributed by atoms with E-state index in [4.69, 9.17) is 4.74 Å². The van der Waals surface area contributed by atoms with E-state index in [9.17, 15) is 30.3 Å². The number of ether oxygens (including phenoxy) is 1. The number of carbonyl (C=O) groups is 1. The van der Waals surface area contributed by atoms with Crippen LogP contribution in [0, 0.1) is 22.2 Å². The van der Waals surface area contributed by atoms with Gasteiger partial charge in [0.1, 0.15) is 22.9 Å². The van der Waals surface area contributed by atoms with Crippen LogP contribution in [0.25, 0.3) is 0 Å². The van der Waals surface area contributed by atoms with Crippen LogP contribution in [0.1, 0.15) is 65.7 Å². The number of Topliss-reactive ketones (excluding diaryl/α,β-unsaturated/α-hetero) is 1. The van der Waals surface area contributed by atoms with Gasteiger partial charge in [0.05, 0.1) is 0 Å². The molecule has 4 aliphatic rings. The summed E-state index contributed by atoms with van der Waals surface area (Å²) in [5, 5.41) is 55.8. The number of hydrogen-bond donors (Lipinski definition) is 5. The van der Waals surface area contributed by atoms with Gasteiger partial charge in [-0.05, 0) is 49.9 Å². The van der Waals surface area contributed by atoms with Gasteiger partial charge in [-0.3, -0.25) is 4.79 Å². The van der Waals surface area contributed by atoms with Crippen LogP contribution in [0.5, 0.6) is 0 Å². The molecule has 4 rings (SSSR count). The molecule has 0 aromatic carbocycles. The summed E-state index contributed by atoms with van der Waals surface area (Å²) in [7, 11) is 1.19. The highest BCUT2D eigenvalue weighted by atomic mass is 16.6. The SMILES string of the molecule is CO[C@H](O)[C@@]1(O)C[C@@]23CC[C@@H]4C(C)(C)CCC[C@@]4(C)[C@]2(O)C(=O)[C@H](O)[C@]1(O)C3. The fourth-order valence-electron chi connectivity index (χ4n) is 8.09. The van der Waals surface area contributed by atoms with Crippen molar-refractivity contribution >= 4 is 5.78 Å². The summed E-state index contributed by atoms with van der Waals surface area (Å²) in [4.78, 5) is 13.5. The standard InChI is InChI=1S/C21H34O7/c1-16(2)7-5-8-17(3)12(16)6-9-18-10-19(25,13(22)14(23)21(17,18)27)20(26,11-18)15(24)28-4/h12-13,15,22,24-27H,5-11H2,1-4H3/t12-,13+,15+,17-,18+,19-,20+,21-/m1/s1. The van der Waals surface area contributed by atoms with E-state index in [1.165, 1.54) is 7.11 Å². The Hall–Kier alpha value is -0.570. The maximum absolute atomic E-state index is 13.5. The molecule has 4 aliphatic carbocycles. The normalized spacial score (nSPS) is 56.1. The molecule has 7 nitrogen and oxygen atoms in total. The van der Waals surface area contributed by atoms with Gasteiger partial charge in [0.25, 0.3) is 0 Å². The fourth-order valence-corrected chi connectivity index (χ4v) is 8.09. The second kappa shape index (κ2) is 5.56. The van der Waals surface area contributed by atoms with Crippen molar-refractivity contribution in [2.75, 3.05) is 7.11 Å². The lowest BCUT2D eigenvalue weighted by Gasteiger charge is -2.67. The second-order valence-corrected chi connectivity index (χ2v) is 10.9. The minimum Gasteiger partial charge on any atom is -0.383 e. The molecule has 2 bridgehead atoms. The van der Waals surface area contributed by atoms with Crippen LogP contribution in [0.3, 0.4) is 0 Å². The van der Waals surface area contributed by atoms with Crippen molar-refractivity contribution in [2.45, 2.75) is 94.9 Å². The monoisotopic (exact) mass is 398 g/mol. The molecule has 8 atom stereocenters. The van der Waals surface area contributed by atoms with Crippen LogP contribution in [0.2, 0.25) is 0 Å². The van der Waals surface area contributed by atoms with Gasteiger partial charge in [-0.1, -0.05) is 27.2 Å². The molecule has 0 radical (unpaired) electrons. The molecule has 0 heterocycles. The van der Waals surface area contributed by atoms with Crippen LogP contribution < -0.4 is 0 Å². The van der Waals surface area contributed by atoms with Crippen molar-refractivity contribution in [3.63, 3.8) is 0 Å². The van der Waals surface area contributed by atoms with Gasteiger partial charge >= 0.3 is 0 Å². The van der Waals surface area contributed by atoms with Crippen LogP contribution in [0.4, 0.5) is 0 Å². The lowest BCUT2D eigenvalue weighted by atomic mass is 9.38. The van der Waals surface area contributed by atoms with Gasteiger partial charge in [-0.2, -0.15) is 0 Å². The third-order valence-corrected chi connectivity index (χ3v) is 9.39. The maximum atomic E-state index is 13.5. The summed E-state index contributed by atoms with van der Waals surface area (Å²) in [5.41, 5.74) is -8.36. The number of hydrogen-bond acceptors (Lipinski definition) is 7. The van der Waals surface area contributed by atoms with Crippen molar-refractivity contribution < 1.29 is 35.1 Å². The zero-order valence-electron chi connectivity index (χ0n) is 17.2. The number of rotatable bonds is 2. The van der Waals surface area contributed by atoms with Crippen LogP contribution in [-0.2, 0) is 9.53 Å². The molecular formula is C21H34O7. The zero-order chi connectivity index (χ0) is 21.0. The minimum atomic E-state index is -2.26. The van der Waals surface area contributed by atoms with Gasteiger partial charge in [-0.25, -0.2) is 0 Å². The van der Waals surface area contributed by atoms with Gasteiger partial charge < -0.3 is 30.3 Å². The molecule has 5 N–H and O–H groups in total. The predicted octanol–water partition coefficient (Wildman–Crippen LogP) is 0.495. The van der Waals surface area contributed by atoms with Crippen LogP contribution >= 0.6 is 0 Å². The highest BCUT2D eigenvalue weighted by molar-refractivity contribution is 5.96. The summed E-state index contributed by atoms with van der Waals surface area (Å²) >= 11 is 0. The number of aliphatic hydroxyl groups excluding tert-OH is 2. The molecule has 4 fully saturated rings. The first-order chi connectivity index (χ1) is 12.8. The van der Waals surface area contributed by atoms with E-state index in [0.717, 1.165) is 19.3 Å². The molecule has 160 valence electrons. The van der Waals surface area contributed by atoms with E-state index >= 15 is 0 Å². The number of aliphatic hydroxyl groups is 5. The average Bonchev–Trinajstić information content (AvgIpc) is 2.84. The van der Waals surface area contributed by atoms with Gasteiger partial charge in [0, 0.05) is 17.9 Å². The first-order valence-electron chi connectivity index (χ1n) is 10.4. The fraction of sp³-hybridized carbons (Fsp3) is 0.952. The van der Waals surface area contributed by atoms with Crippen LogP contribution in [0.15, 0.2) is 0 Å². The van der Waals surface area contributed by atoms with Gasteiger partial charge in [0.15, 0.2) is 12.1 Å². The largest absolute Gasteiger partial charge is 0.383 e. The second-order valence-electron chi connectivity index (χ2n) is 10.9. The van der Waals surface area contributed by atoms with Gasteiger partial charge in [-0.15, -0.1) is 0 Å². The predicted molar refractivity (Wildman–Crippen MR) is 99.0 cm³/mol. The summed E-state index contributed by atoms with van der Waals surface area (Å²) in [5.74, 6) is -0.752. The summed E-state index contributed by atoms with van der Waals surface area (Å²) in [6.45, 7) is 6.25. The van der Waals surface area contributed by atoms with E-state index in [1.807, 2.05) is 6.92 Å². The Bertz CT molecular complexity index is 709. The summed E-state index contributed by atoms with van der Waals surface area (Å²) in [6.07, 6.45) is -0.436. The van der Waals surface area contributed by atoms with E-state index in [-0.39, 0.29) is 24.2 Å². The molecule has 7 heteroatoms. The maximum Gasteiger partial charge on any atom is 0.196 e. The first kappa shape index (κ1) is 20.7. The smallest absolute Gasteiger partial charge is 0.196 e. The minimum absolute atomic E-state index is 0.0652. The van der Waals surface area contributed by atoms with E-state index in [0.29, 0.717) is 12.8 Å². The molecule has 0 aromatic rings. The average molecular weight is 398 g/mol. The topological polar surface area (TPSA) is 127 Å². The third-order valence-electron chi connectivity index (χ3n) is 9.39. The van der Waals surface area contributed by atoms with E-state index in [1.54, 1.807) is 0 Å². The van der Waals surface area contributed by atoms with E-state index in [2.05, 4.69) is 13.8 Å². The van der Waals surface area contributed by atoms with E-state index < -0.39 is 45.8 Å². The molecule has 0 unspecified atom stereocenters.